The molecule has 0 spiro atoms. The third-order valence-electron chi connectivity index (χ3n) is 2.02. The number of hydrogen-bond acceptors (Lipinski definition) is 4. The van der Waals surface area contributed by atoms with Crippen molar-refractivity contribution >= 4 is 12.0 Å². The number of hydrogen-bond donors (Lipinski definition) is 0. The maximum absolute atomic E-state index is 11.1. The van der Waals surface area contributed by atoms with Crippen molar-refractivity contribution in [1.29, 1.82) is 0 Å². The standard InChI is InChI=1S/C12H15NO3/c1-4-16-12(14)6-5-10-7-11(15-3)8-13-9(10)2/h5-8H,4H2,1-3H3/b6-5+. The second-order valence-corrected chi connectivity index (χ2v) is 3.14. The van der Waals surface area contributed by atoms with Crippen molar-refractivity contribution in [3.63, 3.8) is 0 Å². The first kappa shape index (κ1) is 12.2. The van der Waals surface area contributed by atoms with Gasteiger partial charge in [-0.1, -0.05) is 0 Å². The summed E-state index contributed by atoms with van der Waals surface area (Å²) in [7, 11) is 1.57. The van der Waals surface area contributed by atoms with Gasteiger partial charge in [0.2, 0.25) is 0 Å². The third-order valence-corrected chi connectivity index (χ3v) is 2.02. The van der Waals surface area contributed by atoms with Gasteiger partial charge in [-0.05, 0) is 31.6 Å². The van der Waals surface area contributed by atoms with Gasteiger partial charge in [0.15, 0.2) is 0 Å². The molecule has 0 aliphatic carbocycles. The topological polar surface area (TPSA) is 48.4 Å². The van der Waals surface area contributed by atoms with E-state index < -0.39 is 0 Å². The van der Waals surface area contributed by atoms with Gasteiger partial charge in [-0.15, -0.1) is 0 Å². The highest BCUT2D eigenvalue weighted by atomic mass is 16.5. The largest absolute Gasteiger partial charge is 0.495 e. The number of carbonyl (C=O) groups is 1. The number of methoxy groups -OCH3 is 1. The lowest BCUT2D eigenvalue weighted by molar-refractivity contribution is -0.137. The zero-order valence-electron chi connectivity index (χ0n) is 9.69. The zero-order chi connectivity index (χ0) is 12.0. The van der Waals surface area contributed by atoms with Crippen molar-refractivity contribution < 1.29 is 14.3 Å². The van der Waals surface area contributed by atoms with E-state index in [1.54, 1.807) is 26.3 Å². The Morgan fingerprint density at radius 3 is 2.94 bits per heavy atom. The Balaban J connectivity index is 2.83. The smallest absolute Gasteiger partial charge is 0.330 e. The van der Waals surface area contributed by atoms with Crippen molar-refractivity contribution in [2.75, 3.05) is 13.7 Å². The van der Waals surface area contributed by atoms with Crippen molar-refractivity contribution in [3.05, 3.63) is 29.6 Å². The van der Waals surface area contributed by atoms with Crippen LogP contribution in [-0.2, 0) is 9.53 Å². The van der Waals surface area contributed by atoms with Crippen LogP contribution in [0.15, 0.2) is 18.3 Å². The molecule has 0 saturated carbocycles. The molecule has 0 aliphatic rings. The molecule has 0 atom stereocenters. The summed E-state index contributed by atoms with van der Waals surface area (Å²) >= 11 is 0. The van der Waals surface area contributed by atoms with E-state index in [4.69, 9.17) is 9.47 Å². The highest BCUT2D eigenvalue weighted by Crippen LogP contribution is 2.15. The zero-order valence-corrected chi connectivity index (χ0v) is 9.69. The van der Waals surface area contributed by atoms with Gasteiger partial charge in [0.1, 0.15) is 5.75 Å². The Kier molecular flexibility index (Phi) is 4.51. The molecule has 1 rings (SSSR count). The van der Waals surface area contributed by atoms with Gasteiger partial charge in [0, 0.05) is 11.8 Å². The second kappa shape index (κ2) is 5.90. The summed E-state index contributed by atoms with van der Waals surface area (Å²) in [5.41, 5.74) is 1.67. The normalized spacial score (nSPS) is 10.4. The van der Waals surface area contributed by atoms with Crippen LogP contribution in [0.3, 0.4) is 0 Å². The number of nitrogens with zero attached hydrogens (tertiary/aromatic N) is 1. The molecule has 0 aromatic carbocycles. The van der Waals surface area contributed by atoms with E-state index in [1.165, 1.54) is 6.08 Å². The summed E-state index contributed by atoms with van der Waals surface area (Å²) in [5.74, 6) is 0.304. The van der Waals surface area contributed by atoms with Gasteiger partial charge in [-0.3, -0.25) is 4.98 Å². The van der Waals surface area contributed by atoms with Gasteiger partial charge >= 0.3 is 5.97 Å². The molecule has 0 amide bonds. The Hall–Kier alpha value is -1.84. The fourth-order valence-corrected chi connectivity index (χ4v) is 1.16. The van der Waals surface area contributed by atoms with Crippen LogP contribution in [0.2, 0.25) is 0 Å². The number of ether oxygens (including phenoxy) is 2. The fourth-order valence-electron chi connectivity index (χ4n) is 1.16. The van der Waals surface area contributed by atoms with E-state index in [-0.39, 0.29) is 5.97 Å². The number of rotatable bonds is 4. The first-order chi connectivity index (χ1) is 7.67. The van der Waals surface area contributed by atoms with E-state index in [9.17, 15) is 4.79 Å². The van der Waals surface area contributed by atoms with E-state index in [2.05, 4.69) is 4.98 Å². The van der Waals surface area contributed by atoms with Gasteiger partial charge in [0.25, 0.3) is 0 Å². The van der Waals surface area contributed by atoms with Crippen LogP contribution in [0.4, 0.5) is 0 Å². The molecule has 0 fully saturated rings. The molecule has 1 heterocycles. The SMILES string of the molecule is CCOC(=O)/C=C/c1cc(OC)cnc1C. The van der Waals surface area contributed by atoms with E-state index in [1.807, 2.05) is 13.0 Å². The molecule has 16 heavy (non-hydrogen) atoms. The first-order valence-corrected chi connectivity index (χ1v) is 5.02. The monoisotopic (exact) mass is 221 g/mol. The predicted octanol–water partition coefficient (Wildman–Crippen LogP) is 1.97. The highest BCUT2D eigenvalue weighted by Gasteiger charge is 2.00. The van der Waals surface area contributed by atoms with Crippen LogP contribution in [0.1, 0.15) is 18.2 Å². The molecule has 0 N–H and O–H groups in total. The van der Waals surface area contributed by atoms with Crippen LogP contribution in [0.5, 0.6) is 5.75 Å². The van der Waals surface area contributed by atoms with E-state index >= 15 is 0 Å². The maximum atomic E-state index is 11.1. The van der Waals surface area contributed by atoms with Gasteiger partial charge in [-0.2, -0.15) is 0 Å². The maximum Gasteiger partial charge on any atom is 0.330 e. The summed E-state index contributed by atoms with van der Waals surface area (Å²) in [6.45, 7) is 4.01. The van der Waals surface area contributed by atoms with E-state index in [0.717, 1.165) is 11.3 Å². The minimum atomic E-state index is -0.357. The number of aryl methyl sites for hydroxylation is 1. The van der Waals surface area contributed by atoms with Crippen LogP contribution in [0.25, 0.3) is 6.08 Å². The van der Waals surface area contributed by atoms with Crippen LogP contribution >= 0.6 is 0 Å². The molecule has 4 heteroatoms. The molecular formula is C12H15NO3. The molecule has 1 aromatic rings. The molecule has 0 saturated heterocycles. The molecule has 0 aliphatic heterocycles. The molecule has 0 bridgehead atoms. The number of carbonyl (C=O) groups excluding carboxylic acids is 1. The molecule has 1 aromatic heterocycles. The summed E-state index contributed by atoms with van der Waals surface area (Å²) in [5, 5.41) is 0. The molecular weight excluding hydrogens is 206 g/mol. The second-order valence-electron chi connectivity index (χ2n) is 3.14. The Morgan fingerprint density at radius 2 is 2.31 bits per heavy atom. The summed E-state index contributed by atoms with van der Waals surface area (Å²) in [4.78, 5) is 15.3. The van der Waals surface area contributed by atoms with Crippen LogP contribution < -0.4 is 4.74 Å². The average Bonchev–Trinajstić information content (AvgIpc) is 2.28. The predicted molar refractivity (Wildman–Crippen MR) is 61.2 cm³/mol. The van der Waals surface area contributed by atoms with Gasteiger partial charge in [-0.25, -0.2) is 4.79 Å². The summed E-state index contributed by atoms with van der Waals surface area (Å²) in [6.07, 6.45) is 4.69. The van der Waals surface area contributed by atoms with E-state index in [0.29, 0.717) is 12.4 Å². The third kappa shape index (κ3) is 3.38. The lowest BCUT2D eigenvalue weighted by atomic mass is 10.2. The van der Waals surface area contributed by atoms with Crippen LogP contribution in [-0.4, -0.2) is 24.7 Å². The highest BCUT2D eigenvalue weighted by molar-refractivity contribution is 5.87. The molecule has 4 nitrogen and oxygen atoms in total. The van der Waals surface area contributed by atoms with Crippen molar-refractivity contribution in [2.45, 2.75) is 13.8 Å². The van der Waals surface area contributed by atoms with Gasteiger partial charge in [0.05, 0.1) is 19.9 Å². The molecule has 0 unspecified atom stereocenters. The van der Waals surface area contributed by atoms with Crippen LogP contribution in [0, 0.1) is 6.92 Å². The lowest BCUT2D eigenvalue weighted by Gasteiger charge is -2.03. The van der Waals surface area contributed by atoms with Crippen molar-refractivity contribution in [1.82, 2.24) is 4.98 Å². The Bertz CT molecular complexity index is 399. The van der Waals surface area contributed by atoms with Crippen molar-refractivity contribution in [2.24, 2.45) is 0 Å². The van der Waals surface area contributed by atoms with Crippen molar-refractivity contribution in [3.8, 4) is 5.75 Å². The number of esters is 1. The number of pyridine rings is 1. The fraction of sp³-hybridized carbons (Fsp3) is 0.333. The summed E-state index contributed by atoms with van der Waals surface area (Å²) in [6, 6.07) is 1.82. The Morgan fingerprint density at radius 1 is 1.56 bits per heavy atom. The quantitative estimate of drug-likeness (QED) is 0.576. The summed E-state index contributed by atoms with van der Waals surface area (Å²) < 4.78 is 9.83. The minimum absolute atomic E-state index is 0.357. The average molecular weight is 221 g/mol. The Labute approximate surface area is 94.9 Å². The molecule has 86 valence electrons. The van der Waals surface area contributed by atoms with Gasteiger partial charge < -0.3 is 9.47 Å². The number of aromatic nitrogens is 1. The minimum Gasteiger partial charge on any atom is -0.495 e. The molecule has 0 radical (unpaired) electrons. The lowest BCUT2D eigenvalue weighted by Crippen LogP contribution is -1.99. The first-order valence-electron chi connectivity index (χ1n) is 5.02.